The number of carboxylic acids is 1. The Bertz CT molecular complexity index is 281. The van der Waals surface area contributed by atoms with Crippen LogP contribution in [0, 0.1) is 0 Å². The fourth-order valence-corrected chi connectivity index (χ4v) is 2.74. The van der Waals surface area contributed by atoms with Crippen LogP contribution in [0.5, 0.6) is 0 Å². The molecule has 0 aromatic carbocycles. The number of unbranched alkanes of at least 4 members (excludes halogenated alkanes) is 14. The Morgan fingerprint density at radius 2 is 1.09 bits per heavy atom. The van der Waals surface area contributed by atoms with Crippen LogP contribution in [0.2, 0.25) is 0 Å². The third-order valence-corrected chi connectivity index (χ3v) is 4.35. The lowest BCUT2D eigenvalue weighted by atomic mass is 10.0. The molecular weight excluding hydrogens is 272 g/mol. The lowest BCUT2D eigenvalue weighted by Crippen LogP contribution is -1.95. The minimum Gasteiger partial charge on any atom is -0.478 e. The fraction of sp³-hybridized carbons (Fsp3) is 0.850. The first kappa shape index (κ1) is 21.2. The van der Waals surface area contributed by atoms with Gasteiger partial charge in [-0.05, 0) is 19.8 Å². The van der Waals surface area contributed by atoms with Crippen molar-refractivity contribution < 1.29 is 9.90 Å². The minimum atomic E-state index is -0.787. The predicted molar refractivity (Wildman–Crippen MR) is 96.3 cm³/mol. The normalized spacial score (nSPS) is 11.8. The molecule has 0 atom stereocenters. The molecule has 0 aromatic heterocycles. The van der Waals surface area contributed by atoms with Gasteiger partial charge >= 0.3 is 5.97 Å². The topological polar surface area (TPSA) is 37.3 Å². The highest BCUT2D eigenvalue weighted by molar-refractivity contribution is 5.85. The number of rotatable bonds is 16. The van der Waals surface area contributed by atoms with Crippen LogP contribution >= 0.6 is 0 Å². The highest BCUT2D eigenvalue weighted by atomic mass is 16.4. The second-order valence-electron chi connectivity index (χ2n) is 6.58. The summed E-state index contributed by atoms with van der Waals surface area (Å²) >= 11 is 0. The van der Waals surface area contributed by atoms with Crippen molar-refractivity contribution in [3.8, 4) is 0 Å². The molecule has 0 aliphatic heterocycles. The van der Waals surface area contributed by atoms with Gasteiger partial charge in [0.1, 0.15) is 0 Å². The number of hydrogen-bond donors (Lipinski definition) is 1. The average molecular weight is 311 g/mol. The van der Waals surface area contributed by atoms with Crippen LogP contribution in [0.4, 0.5) is 0 Å². The van der Waals surface area contributed by atoms with Gasteiger partial charge in [0, 0.05) is 5.57 Å². The number of allylic oxidation sites excluding steroid dienone is 1. The SMILES string of the molecule is CCCCCCCCCCCCCCCC/C=C(/C)C(=O)O. The molecule has 0 bridgehead atoms. The highest BCUT2D eigenvalue weighted by Crippen LogP contribution is 2.13. The molecule has 22 heavy (non-hydrogen) atoms. The number of carboxylic acid groups (broad SMARTS) is 1. The van der Waals surface area contributed by atoms with E-state index in [1.807, 2.05) is 6.08 Å². The summed E-state index contributed by atoms with van der Waals surface area (Å²) in [4.78, 5) is 10.6. The van der Waals surface area contributed by atoms with Gasteiger partial charge in [-0.25, -0.2) is 4.79 Å². The van der Waals surface area contributed by atoms with Gasteiger partial charge in [-0.1, -0.05) is 96.5 Å². The van der Waals surface area contributed by atoms with Crippen molar-refractivity contribution in [2.45, 2.75) is 110 Å². The van der Waals surface area contributed by atoms with E-state index in [9.17, 15) is 4.79 Å². The molecule has 0 rings (SSSR count). The van der Waals surface area contributed by atoms with E-state index in [2.05, 4.69) is 6.92 Å². The lowest BCUT2D eigenvalue weighted by molar-refractivity contribution is -0.132. The van der Waals surface area contributed by atoms with Gasteiger partial charge in [0.05, 0.1) is 0 Å². The van der Waals surface area contributed by atoms with E-state index in [4.69, 9.17) is 5.11 Å². The maximum Gasteiger partial charge on any atom is 0.330 e. The third kappa shape index (κ3) is 15.6. The Labute approximate surface area is 138 Å². The summed E-state index contributed by atoms with van der Waals surface area (Å²) in [6.07, 6.45) is 21.9. The van der Waals surface area contributed by atoms with Crippen molar-refractivity contribution in [2.24, 2.45) is 0 Å². The van der Waals surface area contributed by atoms with E-state index in [0.29, 0.717) is 5.57 Å². The van der Waals surface area contributed by atoms with Crippen LogP contribution in [-0.4, -0.2) is 11.1 Å². The first-order valence-corrected chi connectivity index (χ1v) is 9.58. The maximum atomic E-state index is 10.6. The molecule has 2 heteroatoms. The zero-order valence-corrected chi connectivity index (χ0v) is 15.0. The number of carbonyl (C=O) groups is 1. The second kappa shape index (κ2) is 16.6. The smallest absolute Gasteiger partial charge is 0.330 e. The molecule has 0 aromatic rings. The average Bonchev–Trinajstić information content (AvgIpc) is 2.50. The second-order valence-corrected chi connectivity index (χ2v) is 6.58. The lowest BCUT2D eigenvalue weighted by Gasteiger charge is -2.03. The Balaban J connectivity index is 3.12. The Morgan fingerprint density at radius 1 is 0.727 bits per heavy atom. The molecule has 0 spiro atoms. The molecule has 0 aliphatic rings. The summed E-state index contributed by atoms with van der Waals surface area (Å²) in [7, 11) is 0. The quantitative estimate of drug-likeness (QED) is 0.249. The molecule has 130 valence electrons. The molecule has 0 aliphatic carbocycles. The Morgan fingerprint density at radius 3 is 1.45 bits per heavy atom. The first-order valence-electron chi connectivity index (χ1n) is 9.58. The first-order chi connectivity index (χ1) is 10.7. The number of hydrogen-bond acceptors (Lipinski definition) is 1. The van der Waals surface area contributed by atoms with Crippen LogP contribution in [-0.2, 0) is 4.79 Å². The van der Waals surface area contributed by atoms with E-state index in [-0.39, 0.29) is 0 Å². The van der Waals surface area contributed by atoms with Gasteiger partial charge in [-0.15, -0.1) is 0 Å². The third-order valence-electron chi connectivity index (χ3n) is 4.35. The molecule has 0 saturated carbocycles. The molecule has 0 heterocycles. The zero-order valence-electron chi connectivity index (χ0n) is 15.0. The van der Waals surface area contributed by atoms with Crippen molar-refractivity contribution in [1.29, 1.82) is 0 Å². The molecule has 0 amide bonds. The van der Waals surface area contributed by atoms with Gasteiger partial charge in [0.15, 0.2) is 0 Å². The summed E-state index contributed by atoms with van der Waals surface area (Å²) in [5.74, 6) is -0.787. The highest BCUT2D eigenvalue weighted by Gasteiger charge is 1.98. The van der Waals surface area contributed by atoms with Crippen LogP contribution in [0.15, 0.2) is 11.6 Å². The summed E-state index contributed by atoms with van der Waals surface area (Å²) in [6.45, 7) is 3.94. The molecule has 0 fully saturated rings. The van der Waals surface area contributed by atoms with Crippen LogP contribution in [0.1, 0.15) is 110 Å². The number of aliphatic carboxylic acids is 1. The molecule has 1 N–H and O–H groups in total. The molecule has 2 nitrogen and oxygen atoms in total. The molecule has 0 radical (unpaired) electrons. The van der Waals surface area contributed by atoms with Crippen molar-refractivity contribution in [2.75, 3.05) is 0 Å². The standard InChI is InChI=1S/C20H38O2/c1-3-4-5-6-7-8-9-10-11-12-13-14-15-16-17-18-19(2)20(21)22/h18H,3-17H2,1-2H3,(H,21,22)/b19-18-. The van der Waals surface area contributed by atoms with Gasteiger partial charge < -0.3 is 5.11 Å². The minimum absolute atomic E-state index is 0.481. The van der Waals surface area contributed by atoms with Gasteiger partial charge in [-0.3, -0.25) is 0 Å². The van der Waals surface area contributed by atoms with Crippen molar-refractivity contribution in [1.82, 2.24) is 0 Å². The Hall–Kier alpha value is -0.790. The largest absolute Gasteiger partial charge is 0.478 e. The van der Waals surface area contributed by atoms with Crippen LogP contribution < -0.4 is 0 Å². The summed E-state index contributed by atoms with van der Waals surface area (Å²) < 4.78 is 0. The van der Waals surface area contributed by atoms with E-state index in [1.165, 1.54) is 83.5 Å². The Kier molecular flexibility index (Phi) is 16.0. The van der Waals surface area contributed by atoms with Crippen LogP contribution in [0.25, 0.3) is 0 Å². The monoisotopic (exact) mass is 310 g/mol. The fourth-order valence-electron chi connectivity index (χ4n) is 2.74. The summed E-state index contributed by atoms with van der Waals surface area (Å²) in [5, 5.41) is 8.73. The van der Waals surface area contributed by atoms with Crippen molar-refractivity contribution in [3.05, 3.63) is 11.6 Å². The molecule has 0 saturated heterocycles. The van der Waals surface area contributed by atoms with E-state index < -0.39 is 5.97 Å². The van der Waals surface area contributed by atoms with Gasteiger partial charge in [0.25, 0.3) is 0 Å². The van der Waals surface area contributed by atoms with E-state index in [1.54, 1.807) is 6.92 Å². The van der Waals surface area contributed by atoms with E-state index in [0.717, 1.165) is 12.8 Å². The van der Waals surface area contributed by atoms with Gasteiger partial charge in [-0.2, -0.15) is 0 Å². The van der Waals surface area contributed by atoms with E-state index >= 15 is 0 Å². The summed E-state index contributed by atoms with van der Waals surface area (Å²) in [6, 6.07) is 0. The van der Waals surface area contributed by atoms with Gasteiger partial charge in [0.2, 0.25) is 0 Å². The molecular formula is C20H38O2. The van der Waals surface area contributed by atoms with Crippen LogP contribution in [0.3, 0.4) is 0 Å². The van der Waals surface area contributed by atoms with Crippen molar-refractivity contribution >= 4 is 5.97 Å². The summed E-state index contributed by atoms with van der Waals surface area (Å²) in [5.41, 5.74) is 0.481. The van der Waals surface area contributed by atoms with Crippen molar-refractivity contribution in [3.63, 3.8) is 0 Å². The predicted octanol–water partition coefficient (Wildman–Crippen LogP) is 6.89. The zero-order chi connectivity index (χ0) is 16.5. The maximum absolute atomic E-state index is 10.6. The molecule has 0 unspecified atom stereocenters.